The topological polar surface area (TPSA) is 64.0 Å². The molecule has 0 atom stereocenters. The number of nitrogens with zero attached hydrogens (tertiary/aromatic N) is 2. The van der Waals surface area contributed by atoms with Crippen molar-refractivity contribution >= 4 is 40.7 Å². The van der Waals surface area contributed by atoms with Crippen LogP contribution in [0.3, 0.4) is 0 Å². The van der Waals surface area contributed by atoms with Gasteiger partial charge in [-0.05, 0) is 24.3 Å². The molecule has 160 valence electrons. The number of anilines is 1. The Balaban J connectivity index is 1.53. The third kappa shape index (κ3) is 5.07. The van der Waals surface area contributed by atoms with E-state index >= 15 is 0 Å². The number of amides is 1. The zero-order valence-electron chi connectivity index (χ0n) is 17.0. The fourth-order valence-electron chi connectivity index (χ4n) is 3.27. The van der Waals surface area contributed by atoms with Crippen molar-refractivity contribution in [2.24, 2.45) is 0 Å². The van der Waals surface area contributed by atoms with Crippen LogP contribution < -0.4 is 5.32 Å². The van der Waals surface area contributed by atoms with Crippen molar-refractivity contribution < 1.29 is 9.59 Å². The van der Waals surface area contributed by atoms with Gasteiger partial charge in [0.1, 0.15) is 0 Å². The van der Waals surface area contributed by atoms with E-state index in [0.717, 1.165) is 11.1 Å². The first-order valence-electron chi connectivity index (χ1n) is 10.0. The summed E-state index contributed by atoms with van der Waals surface area (Å²) in [5, 5.41) is 8.06. The summed E-state index contributed by atoms with van der Waals surface area (Å²) in [6.07, 6.45) is -0.0145. The Hall–Kier alpha value is -3.41. The van der Waals surface area contributed by atoms with Crippen molar-refractivity contribution in [2.45, 2.75) is 12.8 Å². The molecule has 4 rings (SSSR count). The standard InChI is InChI=1S/C25H19Cl2N3O2/c26-19-11-12-21(20(27)15-19)28-24(31)13-14-25(32)30-23(18-9-5-2-6-10-18)16-22(29-30)17-7-3-1-4-8-17/h1-12,15-16H,13-14H2,(H,28,31). The maximum Gasteiger partial charge on any atom is 0.247 e. The zero-order valence-corrected chi connectivity index (χ0v) is 18.5. The van der Waals surface area contributed by atoms with Gasteiger partial charge in [-0.25, -0.2) is 0 Å². The lowest BCUT2D eigenvalue weighted by Gasteiger charge is -2.08. The van der Waals surface area contributed by atoms with Crippen LogP contribution in [0.1, 0.15) is 17.6 Å². The second kappa shape index (κ2) is 9.81. The highest BCUT2D eigenvalue weighted by Gasteiger charge is 2.18. The predicted molar refractivity (Wildman–Crippen MR) is 128 cm³/mol. The van der Waals surface area contributed by atoms with Crippen molar-refractivity contribution in [1.29, 1.82) is 0 Å². The van der Waals surface area contributed by atoms with E-state index in [1.807, 2.05) is 66.7 Å². The third-order valence-electron chi connectivity index (χ3n) is 4.86. The second-order valence-corrected chi connectivity index (χ2v) is 7.97. The van der Waals surface area contributed by atoms with Crippen LogP contribution in [0, 0.1) is 0 Å². The molecule has 0 fully saturated rings. The van der Waals surface area contributed by atoms with Crippen LogP contribution in [-0.4, -0.2) is 21.6 Å². The number of rotatable bonds is 6. The van der Waals surface area contributed by atoms with Crippen LogP contribution in [0.25, 0.3) is 22.5 Å². The number of hydrogen-bond acceptors (Lipinski definition) is 3. The lowest BCUT2D eigenvalue weighted by molar-refractivity contribution is -0.116. The van der Waals surface area contributed by atoms with Crippen LogP contribution in [0.5, 0.6) is 0 Å². The predicted octanol–water partition coefficient (Wildman–Crippen LogP) is 6.58. The molecule has 1 N–H and O–H groups in total. The number of benzene rings is 3. The molecule has 1 aromatic heterocycles. The largest absolute Gasteiger partial charge is 0.325 e. The van der Waals surface area contributed by atoms with Crippen LogP contribution in [0.15, 0.2) is 84.9 Å². The fraction of sp³-hybridized carbons (Fsp3) is 0.0800. The van der Waals surface area contributed by atoms with Crippen LogP contribution >= 0.6 is 23.2 Å². The van der Waals surface area contributed by atoms with Gasteiger partial charge in [-0.1, -0.05) is 83.9 Å². The molecule has 5 nitrogen and oxygen atoms in total. The number of nitrogens with one attached hydrogen (secondary N) is 1. The van der Waals surface area contributed by atoms with E-state index in [2.05, 4.69) is 10.4 Å². The van der Waals surface area contributed by atoms with Crippen molar-refractivity contribution in [3.8, 4) is 22.5 Å². The lowest BCUT2D eigenvalue weighted by atomic mass is 10.1. The average Bonchev–Trinajstić information content (AvgIpc) is 3.26. The molecular formula is C25H19Cl2N3O2. The molecule has 1 amide bonds. The summed E-state index contributed by atoms with van der Waals surface area (Å²) in [6.45, 7) is 0. The Bertz CT molecular complexity index is 1250. The minimum Gasteiger partial charge on any atom is -0.325 e. The first-order chi connectivity index (χ1) is 15.5. The summed E-state index contributed by atoms with van der Waals surface area (Å²) in [5.41, 5.74) is 3.59. The van der Waals surface area contributed by atoms with Gasteiger partial charge in [0.2, 0.25) is 11.8 Å². The fourth-order valence-corrected chi connectivity index (χ4v) is 3.72. The van der Waals surface area contributed by atoms with E-state index in [9.17, 15) is 9.59 Å². The van der Waals surface area contributed by atoms with Gasteiger partial charge < -0.3 is 5.32 Å². The molecule has 0 bridgehead atoms. The minimum absolute atomic E-state index is 0.00716. The van der Waals surface area contributed by atoms with Crippen LogP contribution in [0.4, 0.5) is 5.69 Å². The number of carbonyl (C=O) groups excluding carboxylic acids is 2. The van der Waals surface area contributed by atoms with Gasteiger partial charge in [0.05, 0.1) is 22.1 Å². The summed E-state index contributed by atoms with van der Waals surface area (Å²) >= 11 is 12.0. The van der Waals surface area contributed by atoms with Crippen LogP contribution in [-0.2, 0) is 4.79 Å². The summed E-state index contributed by atoms with van der Waals surface area (Å²) in [7, 11) is 0. The average molecular weight is 464 g/mol. The summed E-state index contributed by atoms with van der Waals surface area (Å²) in [4.78, 5) is 25.4. The van der Waals surface area contributed by atoms with Crippen molar-refractivity contribution in [3.63, 3.8) is 0 Å². The molecule has 0 aliphatic heterocycles. The number of halogens is 2. The van der Waals surface area contributed by atoms with Gasteiger partial charge in [-0.2, -0.15) is 9.78 Å². The summed E-state index contributed by atoms with van der Waals surface area (Å²) in [6, 6.07) is 25.9. The Morgan fingerprint density at radius 1 is 0.812 bits per heavy atom. The third-order valence-corrected chi connectivity index (χ3v) is 5.40. The van der Waals surface area contributed by atoms with Gasteiger partial charge in [0, 0.05) is 29.0 Å². The smallest absolute Gasteiger partial charge is 0.247 e. The monoisotopic (exact) mass is 463 g/mol. The van der Waals surface area contributed by atoms with Crippen molar-refractivity contribution in [3.05, 3.63) is 95.0 Å². The normalized spacial score (nSPS) is 10.7. The number of carbonyl (C=O) groups is 2. The molecule has 0 unspecified atom stereocenters. The highest BCUT2D eigenvalue weighted by Crippen LogP contribution is 2.27. The second-order valence-electron chi connectivity index (χ2n) is 7.12. The van der Waals surface area contributed by atoms with E-state index in [0.29, 0.717) is 27.1 Å². The summed E-state index contributed by atoms with van der Waals surface area (Å²) < 4.78 is 1.38. The van der Waals surface area contributed by atoms with E-state index < -0.39 is 0 Å². The first kappa shape index (κ1) is 21.8. The van der Waals surface area contributed by atoms with Crippen LogP contribution in [0.2, 0.25) is 10.0 Å². The van der Waals surface area contributed by atoms with Gasteiger partial charge >= 0.3 is 0 Å². The van der Waals surface area contributed by atoms with Crippen molar-refractivity contribution in [2.75, 3.05) is 5.32 Å². The Labute approximate surface area is 195 Å². The molecule has 0 spiro atoms. The first-order valence-corrected chi connectivity index (χ1v) is 10.8. The van der Waals surface area contributed by atoms with Crippen molar-refractivity contribution in [1.82, 2.24) is 9.78 Å². The molecule has 4 aromatic rings. The molecule has 0 aliphatic rings. The molecular weight excluding hydrogens is 445 g/mol. The maximum atomic E-state index is 13.0. The molecule has 0 saturated carbocycles. The van der Waals surface area contributed by atoms with E-state index in [4.69, 9.17) is 23.2 Å². The molecule has 7 heteroatoms. The zero-order chi connectivity index (χ0) is 22.5. The molecule has 0 radical (unpaired) electrons. The number of aromatic nitrogens is 2. The highest BCUT2D eigenvalue weighted by molar-refractivity contribution is 6.36. The Morgan fingerprint density at radius 3 is 2.12 bits per heavy atom. The van der Waals surface area contributed by atoms with Gasteiger partial charge in [-0.15, -0.1) is 0 Å². The number of hydrogen-bond donors (Lipinski definition) is 1. The molecule has 32 heavy (non-hydrogen) atoms. The summed E-state index contributed by atoms with van der Waals surface area (Å²) in [5.74, 6) is -0.595. The Kier molecular flexibility index (Phi) is 6.69. The Morgan fingerprint density at radius 2 is 1.47 bits per heavy atom. The van der Waals surface area contributed by atoms with E-state index in [-0.39, 0.29) is 24.7 Å². The van der Waals surface area contributed by atoms with Gasteiger partial charge in [0.25, 0.3) is 0 Å². The molecule has 0 aliphatic carbocycles. The molecule has 0 saturated heterocycles. The quantitative estimate of drug-likeness (QED) is 0.351. The molecule has 3 aromatic carbocycles. The minimum atomic E-state index is -0.320. The molecule has 1 heterocycles. The lowest BCUT2D eigenvalue weighted by Crippen LogP contribution is -2.18. The maximum absolute atomic E-state index is 13.0. The van der Waals surface area contributed by atoms with Gasteiger partial charge in [-0.3, -0.25) is 9.59 Å². The van der Waals surface area contributed by atoms with E-state index in [1.165, 1.54) is 4.68 Å². The van der Waals surface area contributed by atoms with Gasteiger partial charge in [0.15, 0.2) is 0 Å². The SMILES string of the molecule is O=C(CCC(=O)n1nc(-c2ccccc2)cc1-c1ccccc1)Nc1ccc(Cl)cc1Cl. The highest BCUT2D eigenvalue weighted by atomic mass is 35.5. The van der Waals surface area contributed by atoms with E-state index in [1.54, 1.807) is 18.2 Å².